The third-order valence-electron chi connectivity index (χ3n) is 4.26. The lowest BCUT2D eigenvalue weighted by Crippen LogP contribution is -2.36. The highest BCUT2D eigenvalue weighted by atomic mass is 32.2. The first-order chi connectivity index (χ1) is 11.1. The smallest absolute Gasteiger partial charge is 0.315 e. The number of amides is 3. The van der Waals surface area contributed by atoms with Crippen LogP contribution in [0.3, 0.4) is 0 Å². The van der Waals surface area contributed by atoms with Crippen molar-refractivity contribution in [2.45, 2.75) is 49.9 Å². The lowest BCUT2D eigenvalue weighted by atomic mass is 10.0. The van der Waals surface area contributed by atoms with E-state index in [-0.39, 0.29) is 24.0 Å². The van der Waals surface area contributed by atoms with Crippen LogP contribution in [-0.4, -0.2) is 40.0 Å². The van der Waals surface area contributed by atoms with Gasteiger partial charge in [-0.05, 0) is 37.5 Å². The third-order valence-corrected chi connectivity index (χ3v) is 5.77. The quantitative estimate of drug-likeness (QED) is 0.549. The van der Waals surface area contributed by atoms with E-state index in [1.54, 1.807) is 6.20 Å². The van der Waals surface area contributed by atoms with E-state index in [0.29, 0.717) is 17.5 Å². The maximum absolute atomic E-state index is 11.9. The van der Waals surface area contributed by atoms with E-state index in [2.05, 4.69) is 20.9 Å². The fourth-order valence-corrected chi connectivity index (χ4v) is 4.63. The third kappa shape index (κ3) is 4.16. The molecule has 3 amide bonds. The SMILES string of the molecule is Cc1ccnc(NC(=O)CCCC[C@@H]2SC[C@H]3NC(=O)N[C@@H]23)c1. The van der Waals surface area contributed by atoms with Gasteiger partial charge in [0.2, 0.25) is 5.91 Å². The molecule has 3 N–H and O–H groups in total. The summed E-state index contributed by atoms with van der Waals surface area (Å²) in [6, 6.07) is 4.24. The van der Waals surface area contributed by atoms with Gasteiger partial charge in [0.1, 0.15) is 5.82 Å². The van der Waals surface area contributed by atoms with E-state index in [4.69, 9.17) is 0 Å². The van der Waals surface area contributed by atoms with Crippen LogP contribution in [0.4, 0.5) is 10.6 Å². The number of aromatic nitrogens is 1. The number of rotatable bonds is 6. The van der Waals surface area contributed by atoms with Crippen LogP contribution in [0.2, 0.25) is 0 Å². The minimum Gasteiger partial charge on any atom is -0.332 e. The van der Waals surface area contributed by atoms with Gasteiger partial charge in [0.15, 0.2) is 0 Å². The van der Waals surface area contributed by atoms with Gasteiger partial charge >= 0.3 is 6.03 Å². The number of anilines is 1. The van der Waals surface area contributed by atoms with Crippen LogP contribution in [0.5, 0.6) is 0 Å². The number of carbonyl (C=O) groups is 2. The monoisotopic (exact) mass is 334 g/mol. The number of unbranched alkanes of at least 4 members (excludes halogenated alkanes) is 1. The van der Waals surface area contributed by atoms with E-state index in [0.717, 1.165) is 30.6 Å². The molecule has 23 heavy (non-hydrogen) atoms. The molecule has 3 atom stereocenters. The molecular formula is C16H22N4O2S. The van der Waals surface area contributed by atoms with Crippen LogP contribution in [0.1, 0.15) is 31.2 Å². The number of fused-ring (bicyclic) bond motifs is 1. The first-order valence-corrected chi connectivity index (χ1v) is 9.08. The van der Waals surface area contributed by atoms with Crippen molar-refractivity contribution in [2.75, 3.05) is 11.1 Å². The first-order valence-electron chi connectivity index (χ1n) is 8.03. The molecule has 0 radical (unpaired) electrons. The van der Waals surface area contributed by atoms with Crippen LogP contribution in [0, 0.1) is 6.92 Å². The molecule has 7 heteroatoms. The van der Waals surface area contributed by atoms with Gasteiger partial charge < -0.3 is 16.0 Å². The highest BCUT2D eigenvalue weighted by Gasteiger charge is 2.42. The number of hydrogen-bond acceptors (Lipinski definition) is 4. The predicted octanol–water partition coefficient (Wildman–Crippen LogP) is 2.05. The Morgan fingerprint density at radius 2 is 2.30 bits per heavy atom. The molecule has 1 aromatic rings. The van der Waals surface area contributed by atoms with Crippen molar-refractivity contribution in [3.63, 3.8) is 0 Å². The van der Waals surface area contributed by atoms with Gasteiger partial charge in [0.25, 0.3) is 0 Å². The Balaban J connectivity index is 1.35. The summed E-state index contributed by atoms with van der Waals surface area (Å²) in [4.78, 5) is 27.4. The maximum Gasteiger partial charge on any atom is 0.315 e. The largest absolute Gasteiger partial charge is 0.332 e. The summed E-state index contributed by atoms with van der Waals surface area (Å²) in [7, 11) is 0. The Morgan fingerprint density at radius 1 is 1.43 bits per heavy atom. The van der Waals surface area contributed by atoms with Crippen molar-refractivity contribution in [1.82, 2.24) is 15.6 Å². The van der Waals surface area contributed by atoms with Gasteiger partial charge in [-0.25, -0.2) is 9.78 Å². The second-order valence-electron chi connectivity index (χ2n) is 6.13. The lowest BCUT2D eigenvalue weighted by Gasteiger charge is -2.16. The maximum atomic E-state index is 11.9. The summed E-state index contributed by atoms with van der Waals surface area (Å²) in [6.07, 6.45) is 5.08. The molecule has 0 unspecified atom stereocenters. The van der Waals surface area contributed by atoms with Crippen molar-refractivity contribution in [3.05, 3.63) is 23.9 Å². The number of aryl methyl sites for hydroxylation is 1. The van der Waals surface area contributed by atoms with Crippen LogP contribution < -0.4 is 16.0 Å². The van der Waals surface area contributed by atoms with Gasteiger partial charge in [0.05, 0.1) is 12.1 Å². The lowest BCUT2D eigenvalue weighted by molar-refractivity contribution is -0.116. The molecular weight excluding hydrogens is 312 g/mol. The number of thioether (sulfide) groups is 1. The Hall–Kier alpha value is -1.76. The van der Waals surface area contributed by atoms with Gasteiger partial charge in [-0.2, -0.15) is 11.8 Å². The number of carbonyl (C=O) groups excluding carboxylic acids is 2. The molecule has 2 fully saturated rings. The van der Waals surface area contributed by atoms with Crippen molar-refractivity contribution in [2.24, 2.45) is 0 Å². The standard InChI is InChI=1S/C16H22N4O2S/c1-10-6-7-17-13(8-10)19-14(21)5-3-2-4-12-15-11(9-23-12)18-16(22)20-15/h6-8,11-12,15H,2-5,9H2,1H3,(H,17,19,21)(H2,18,20,22)/t11-,12+,15-/m1/s1. The highest BCUT2D eigenvalue weighted by Crippen LogP contribution is 2.33. The second-order valence-corrected chi connectivity index (χ2v) is 7.41. The topological polar surface area (TPSA) is 83.1 Å². The van der Waals surface area contributed by atoms with Crippen LogP contribution in [-0.2, 0) is 4.79 Å². The fourth-order valence-electron chi connectivity index (χ4n) is 3.08. The van der Waals surface area contributed by atoms with Crippen LogP contribution in [0.15, 0.2) is 18.3 Å². The number of nitrogens with zero attached hydrogens (tertiary/aromatic N) is 1. The highest BCUT2D eigenvalue weighted by molar-refractivity contribution is 8.00. The average Bonchev–Trinajstić information content (AvgIpc) is 3.03. The number of nitrogens with one attached hydrogen (secondary N) is 3. The molecule has 0 aromatic carbocycles. The predicted molar refractivity (Wildman–Crippen MR) is 91.6 cm³/mol. The van der Waals surface area contributed by atoms with E-state index in [1.165, 1.54) is 0 Å². The Bertz CT molecular complexity index is 595. The van der Waals surface area contributed by atoms with E-state index in [1.807, 2.05) is 30.8 Å². The molecule has 3 rings (SSSR count). The fraction of sp³-hybridized carbons (Fsp3) is 0.562. The zero-order valence-corrected chi connectivity index (χ0v) is 14.0. The molecule has 124 valence electrons. The van der Waals surface area contributed by atoms with Crippen LogP contribution in [0.25, 0.3) is 0 Å². The minimum absolute atomic E-state index is 0.0101. The molecule has 0 saturated carbocycles. The molecule has 2 aliphatic rings. The summed E-state index contributed by atoms with van der Waals surface area (Å²) in [5.41, 5.74) is 1.08. The Kier molecular flexibility index (Phi) is 5.05. The molecule has 6 nitrogen and oxygen atoms in total. The second kappa shape index (κ2) is 7.21. The summed E-state index contributed by atoms with van der Waals surface area (Å²) in [6.45, 7) is 1.97. The molecule has 0 bridgehead atoms. The zero-order valence-electron chi connectivity index (χ0n) is 13.2. The van der Waals surface area contributed by atoms with Gasteiger partial charge in [-0.3, -0.25) is 4.79 Å². The summed E-state index contributed by atoms with van der Waals surface area (Å²) < 4.78 is 0. The molecule has 0 spiro atoms. The van der Waals surface area contributed by atoms with Crippen LogP contribution >= 0.6 is 11.8 Å². The zero-order chi connectivity index (χ0) is 16.2. The normalized spacial score (nSPS) is 25.6. The van der Waals surface area contributed by atoms with Crippen molar-refractivity contribution in [3.8, 4) is 0 Å². The number of urea groups is 1. The van der Waals surface area contributed by atoms with Crippen molar-refractivity contribution >= 4 is 29.5 Å². The van der Waals surface area contributed by atoms with Crippen molar-refractivity contribution in [1.29, 1.82) is 0 Å². The Labute approximate surface area is 140 Å². The Morgan fingerprint density at radius 3 is 3.13 bits per heavy atom. The van der Waals surface area contributed by atoms with Gasteiger partial charge in [0, 0.05) is 23.6 Å². The molecule has 2 aliphatic heterocycles. The molecule has 1 aromatic heterocycles. The molecule has 0 aliphatic carbocycles. The van der Waals surface area contributed by atoms with E-state index in [9.17, 15) is 9.59 Å². The van der Waals surface area contributed by atoms with Crippen molar-refractivity contribution < 1.29 is 9.59 Å². The van der Waals surface area contributed by atoms with E-state index < -0.39 is 0 Å². The minimum atomic E-state index is -0.0460. The van der Waals surface area contributed by atoms with Gasteiger partial charge in [-0.1, -0.05) is 6.42 Å². The molecule has 3 heterocycles. The molecule has 2 saturated heterocycles. The first kappa shape index (κ1) is 16.1. The van der Waals surface area contributed by atoms with E-state index >= 15 is 0 Å². The average molecular weight is 334 g/mol. The summed E-state index contributed by atoms with van der Waals surface area (Å²) >= 11 is 1.91. The number of hydrogen-bond donors (Lipinski definition) is 3. The number of pyridine rings is 1. The summed E-state index contributed by atoms with van der Waals surface area (Å²) in [5.74, 6) is 1.60. The van der Waals surface area contributed by atoms with Gasteiger partial charge in [-0.15, -0.1) is 0 Å². The summed E-state index contributed by atoms with van der Waals surface area (Å²) in [5, 5.41) is 9.23.